The van der Waals surface area contributed by atoms with E-state index in [1.54, 1.807) is 17.3 Å². The van der Waals surface area contributed by atoms with Crippen molar-refractivity contribution >= 4 is 5.91 Å². The Hall–Kier alpha value is -2.54. The molecule has 0 bridgehead atoms. The summed E-state index contributed by atoms with van der Waals surface area (Å²) in [5.41, 5.74) is 0.939. The summed E-state index contributed by atoms with van der Waals surface area (Å²) in [6, 6.07) is 3.83. The minimum absolute atomic E-state index is 0.00401. The number of pyridine rings is 1. The Morgan fingerprint density at radius 2 is 2.35 bits per heavy atom. The van der Waals surface area contributed by atoms with Crippen molar-refractivity contribution in [3.8, 4) is 0 Å². The predicted molar refractivity (Wildman–Crippen MR) is 82.8 cm³/mol. The highest BCUT2D eigenvalue weighted by Crippen LogP contribution is 2.16. The zero-order chi connectivity index (χ0) is 16.1. The number of H-pyrrole nitrogens is 1. The van der Waals surface area contributed by atoms with Crippen LogP contribution >= 0.6 is 0 Å². The molecule has 1 atom stereocenters. The molecule has 7 nitrogen and oxygen atoms in total. The van der Waals surface area contributed by atoms with Gasteiger partial charge in [0.1, 0.15) is 5.69 Å². The van der Waals surface area contributed by atoms with Crippen LogP contribution in [0.1, 0.15) is 28.9 Å². The second kappa shape index (κ2) is 7.15. The van der Waals surface area contributed by atoms with Gasteiger partial charge in [-0.05, 0) is 24.5 Å². The number of carbonyl (C=O) groups is 1. The van der Waals surface area contributed by atoms with E-state index in [0.717, 1.165) is 24.6 Å². The summed E-state index contributed by atoms with van der Waals surface area (Å²) >= 11 is 0. The second-order valence-electron chi connectivity index (χ2n) is 5.48. The number of aromatic nitrogens is 3. The molecule has 120 valence electrons. The van der Waals surface area contributed by atoms with Crippen molar-refractivity contribution < 1.29 is 9.53 Å². The van der Waals surface area contributed by atoms with Gasteiger partial charge in [0.05, 0.1) is 18.9 Å². The third-order valence-electron chi connectivity index (χ3n) is 3.77. The highest BCUT2D eigenvalue weighted by molar-refractivity contribution is 5.92. The number of rotatable bonds is 4. The summed E-state index contributed by atoms with van der Waals surface area (Å²) in [7, 11) is 0. The first-order valence-corrected chi connectivity index (χ1v) is 7.57. The maximum atomic E-state index is 12.4. The lowest BCUT2D eigenvalue weighted by molar-refractivity contribution is -0.00698. The van der Waals surface area contributed by atoms with Gasteiger partial charge >= 0.3 is 0 Å². The molecule has 1 saturated heterocycles. The van der Waals surface area contributed by atoms with Gasteiger partial charge in [-0.3, -0.25) is 14.6 Å². The van der Waals surface area contributed by atoms with Gasteiger partial charge in [-0.1, -0.05) is 6.07 Å². The SMILES string of the molecule is O=C(c1c[nH]c(=O)cn1)N1CCC[C@@H](OCc2cccnc2)C1. The summed E-state index contributed by atoms with van der Waals surface area (Å²) < 4.78 is 5.89. The molecule has 0 spiro atoms. The zero-order valence-electron chi connectivity index (χ0n) is 12.6. The van der Waals surface area contributed by atoms with Gasteiger partial charge in [-0.25, -0.2) is 4.98 Å². The minimum atomic E-state index is -0.321. The summed E-state index contributed by atoms with van der Waals surface area (Å²) in [5.74, 6) is -0.184. The van der Waals surface area contributed by atoms with Gasteiger partial charge in [-0.2, -0.15) is 0 Å². The standard InChI is InChI=1S/C16H18N4O3/c21-15-9-18-14(8-19-15)16(22)20-6-2-4-13(10-20)23-11-12-3-1-5-17-7-12/h1,3,5,7-9,13H,2,4,6,10-11H2,(H,19,21)/t13-/m1/s1. The fourth-order valence-electron chi connectivity index (χ4n) is 2.58. The molecule has 2 aromatic rings. The lowest BCUT2D eigenvalue weighted by atomic mass is 10.1. The molecular formula is C16H18N4O3. The Balaban J connectivity index is 1.58. The maximum Gasteiger partial charge on any atom is 0.274 e. The normalized spacial score (nSPS) is 17.9. The number of carbonyl (C=O) groups excluding carboxylic acids is 1. The number of hydrogen-bond donors (Lipinski definition) is 1. The van der Waals surface area contributed by atoms with E-state index in [2.05, 4.69) is 15.0 Å². The molecule has 0 radical (unpaired) electrons. The molecule has 1 N–H and O–H groups in total. The summed E-state index contributed by atoms with van der Waals surface area (Å²) in [6.45, 7) is 1.68. The predicted octanol–water partition coefficient (Wildman–Crippen LogP) is 0.986. The average Bonchev–Trinajstić information content (AvgIpc) is 2.61. The molecule has 1 aliphatic heterocycles. The van der Waals surface area contributed by atoms with Gasteiger partial charge in [0, 0.05) is 31.7 Å². The Kier molecular flexibility index (Phi) is 4.77. The van der Waals surface area contributed by atoms with Crippen LogP contribution in [0.3, 0.4) is 0 Å². The minimum Gasteiger partial charge on any atom is -0.372 e. The molecule has 0 aromatic carbocycles. The fourth-order valence-corrected chi connectivity index (χ4v) is 2.58. The van der Waals surface area contributed by atoms with E-state index in [-0.39, 0.29) is 23.3 Å². The van der Waals surface area contributed by atoms with Crippen LogP contribution in [0.15, 0.2) is 41.7 Å². The zero-order valence-corrected chi connectivity index (χ0v) is 12.6. The van der Waals surface area contributed by atoms with Crippen LogP contribution in [0, 0.1) is 0 Å². The van der Waals surface area contributed by atoms with Gasteiger partial charge in [0.15, 0.2) is 0 Å². The molecule has 7 heteroatoms. The van der Waals surface area contributed by atoms with Crippen molar-refractivity contribution in [2.24, 2.45) is 0 Å². The summed E-state index contributed by atoms with van der Waals surface area (Å²) in [5, 5.41) is 0. The molecule has 3 heterocycles. The van der Waals surface area contributed by atoms with Crippen LogP contribution in [-0.2, 0) is 11.3 Å². The highest BCUT2D eigenvalue weighted by Gasteiger charge is 2.25. The summed E-state index contributed by atoms with van der Waals surface area (Å²) in [6.07, 6.45) is 7.77. The van der Waals surface area contributed by atoms with Gasteiger partial charge in [0.25, 0.3) is 11.5 Å². The topological polar surface area (TPSA) is 88.2 Å². The lowest BCUT2D eigenvalue weighted by Gasteiger charge is -2.32. The van der Waals surface area contributed by atoms with Gasteiger partial charge in [-0.15, -0.1) is 0 Å². The molecular weight excluding hydrogens is 296 g/mol. The van der Waals surface area contributed by atoms with Crippen molar-refractivity contribution in [2.45, 2.75) is 25.6 Å². The van der Waals surface area contributed by atoms with Crippen molar-refractivity contribution in [3.63, 3.8) is 0 Å². The van der Waals surface area contributed by atoms with Gasteiger partial charge < -0.3 is 14.6 Å². The van der Waals surface area contributed by atoms with Crippen LogP contribution in [-0.4, -0.2) is 45.0 Å². The van der Waals surface area contributed by atoms with Crippen LogP contribution in [0.25, 0.3) is 0 Å². The number of likely N-dealkylation sites (tertiary alicyclic amines) is 1. The average molecular weight is 314 g/mol. The van der Waals surface area contributed by atoms with E-state index in [0.29, 0.717) is 19.7 Å². The molecule has 3 rings (SSSR count). The Labute approximate surface area is 133 Å². The fraction of sp³-hybridized carbons (Fsp3) is 0.375. The lowest BCUT2D eigenvalue weighted by Crippen LogP contribution is -2.43. The number of ether oxygens (including phenoxy) is 1. The maximum absolute atomic E-state index is 12.4. The van der Waals surface area contributed by atoms with Crippen molar-refractivity contribution in [2.75, 3.05) is 13.1 Å². The number of amides is 1. The first kappa shape index (κ1) is 15.4. The van der Waals surface area contributed by atoms with E-state index in [9.17, 15) is 9.59 Å². The number of piperidine rings is 1. The van der Waals surface area contributed by atoms with E-state index in [1.807, 2.05) is 12.1 Å². The molecule has 2 aromatic heterocycles. The Morgan fingerprint density at radius 3 is 3.09 bits per heavy atom. The molecule has 23 heavy (non-hydrogen) atoms. The van der Waals surface area contributed by atoms with Crippen LogP contribution < -0.4 is 5.56 Å². The van der Waals surface area contributed by atoms with Crippen molar-refractivity contribution in [1.82, 2.24) is 19.9 Å². The van der Waals surface area contributed by atoms with Crippen LogP contribution in [0.2, 0.25) is 0 Å². The monoisotopic (exact) mass is 314 g/mol. The number of aromatic amines is 1. The summed E-state index contributed by atoms with van der Waals surface area (Å²) in [4.78, 5) is 35.6. The molecule has 0 saturated carbocycles. The molecule has 0 aliphatic carbocycles. The third kappa shape index (κ3) is 4.01. The van der Waals surface area contributed by atoms with Crippen molar-refractivity contribution in [1.29, 1.82) is 0 Å². The Bertz CT molecular complexity index is 696. The Morgan fingerprint density at radius 1 is 1.43 bits per heavy atom. The first-order chi connectivity index (χ1) is 11.2. The second-order valence-corrected chi connectivity index (χ2v) is 5.48. The molecule has 1 fully saturated rings. The quantitative estimate of drug-likeness (QED) is 0.909. The number of nitrogens with one attached hydrogen (secondary N) is 1. The van der Waals surface area contributed by atoms with E-state index in [1.165, 1.54) is 6.20 Å². The smallest absolute Gasteiger partial charge is 0.274 e. The van der Waals surface area contributed by atoms with Gasteiger partial charge in [0.2, 0.25) is 0 Å². The van der Waals surface area contributed by atoms with E-state index >= 15 is 0 Å². The van der Waals surface area contributed by atoms with E-state index in [4.69, 9.17) is 4.74 Å². The molecule has 1 amide bonds. The third-order valence-corrected chi connectivity index (χ3v) is 3.77. The highest BCUT2D eigenvalue weighted by atomic mass is 16.5. The number of hydrogen-bond acceptors (Lipinski definition) is 5. The van der Waals surface area contributed by atoms with Crippen LogP contribution in [0.4, 0.5) is 0 Å². The molecule has 1 aliphatic rings. The van der Waals surface area contributed by atoms with Crippen LogP contribution in [0.5, 0.6) is 0 Å². The number of nitrogens with zero attached hydrogens (tertiary/aromatic N) is 3. The van der Waals surface area contributed by atoms with Crippen molar-refractivity contribution in [3.05, 3.63) is 58.5 Å². The largest absolute Gasteiger partial charge is 0.372 e. The molecule has 0 unspecified atom stereocenters. The first-order valence-electron chi connectivity index (χ1n) is 7.57. The van der Waals surface area contributed by atoms with E-state index < -0.39 is 0 Å².